The van der Waals surface area contributed by atoms with Gasteiger partial charge in [-0.05, 0) is 47.6 Å². The van der Waals surface area contributed by atoms with E-state index in [9.17, 15) is 14.9 Å². The summed E-state index contributed by atoms with van der Waals surface area (Å²) in [6.07, 6.45) is 8.06. The first-order chi connectivity index (χ1) is 17.9. The van der Waals surface area contributed by atoms with Crippen molar-refractivity contribution in [3.05, 3.63) is 116 Å². The number of likely N-dealkylation sites (N-methyl/N-ethyl adjacent to an activating group) is 1. The van der Waals surface area contributed by atoms with E-state index < -0.39 is 0 Å². The Labute approximate surface area is 218 Å². The first-order valence-electron chi connectivity index (χ1n) is 11.6. The highest BCUT2D eigenvalue weighted by Gasteiger charge is 2.20. The predicted molar refractivity (Wildman–Crippen MR) is 147 cm³/mol. The molecule has 184 valence electrons. The fraction of sp³-hybridized carbons (Fsp3) is 0.103. The predicted octanol–water partition coefficient (Wildman–Crippen LogP) is 6.01. The normalized spacial score (nSPS) is 14.2. The monoisotopic (exact) mass is 510 g/mol. The molecule has 0 spiro atoms. The van der Waals surface area contributed by atoms with Gasteiger partial charge in [-0.25, -0.2) is 4.79 Å². The van der Waals surface area contributed by atoms with Gasteiger partial charge in [-0.3, -0.25) is 10.1 Å². The van der Waals surface area contributed by atoms with Crippen LogP contribution in [0.2, 0.25) is 0 Å². The van der Waals surface area contributed by atoms with E-state index in [0.29, 0.717) is 5.56 Å². The maximum atomic E-state index is 12.0. The zero-order valence-electron chi connectivity index (χ0n) is 20.5. The standard InChI is InChI=1S/C29H24N3O4S/c1-30-23(13-12-21-16-24(32(34)35)14-15-25(21)30)17-22(19-8-10-20(11-9-19)29(33)36-3)18-28-31(2)26-6-4-5-7-27(26)37-28/h4-18H,1-3H3/q+1. The second kappa shape index (κ2) is 9.83. The van der Waals surface area contributed by atoms with Crippen LogP contribution >= 0.6 is 11.3 Å². The molecule has 2 heterocycles. The number of thiazole rings is 1. The molecule has 0 aliphatic carbocycles. The van der Waals surface area contributed by atoms with Gasteiger partial charge in [-0.15, -0.1) is 0 Å². The Morgan fingerprint density at radius 2 is 1.78 bits per heavy atom. The third-order valence-corrected chi connectivity index (χ3v) is 7.56. The Balaban J connectivity index is 1.61. The lowest BCUT2D eigenvalue weighted by atomic mass is 10.00. The van der Waals surface area contributed by atoms with E-state index in [1.807, 2.05) is 55.4 Å². The molecule has 3 aromatic carbocycles. The van der Waals surface area contributed by atoms with Gasteiger partial charge in [0.15, 0.2) is 0 Å². The fourth-order valence-corrected chi connectivity index (χ4v) is 5.43. The number of esters is 1. The van der Waals surface area contributed by atoms with Crippen molar-refractivity contribution in [3.8, 4) is 0 Å². The molecule has 4 aromatic rings. The van der Waals surface area contributed by atoms with Gasteiger partial charge in [0.2, 0.25) is 5.52 Å². The van der Waals surface area contributed by atoms with Crippen LogP contribution in [0.25, 0.3) is 27.9 Å². The number of hydrogen-bond donors (Lipinski definition) is 0. The Kier molecular flexibility index (Phi) is 6.42. The summed E-state index contributed by atoms with van der Waals surface area (Å²) in [5.41, 5.74) is 6.18. The highest BCUT2D eigenvalue weighted by Crippen LogP contribution is 2.34. The molecule has 0 saturated heterocycles. The van der Waals surface area contributed by atoms with Crippen LogP contribution in [0, 0.1) is 10.1 Å². The summed E-state index contributed by atoms with van der Waals surface area (Å²) < 4.78 is 8.20. The molecule has 0 bridgehead atoms. The maximum Gasteiger partial charge on any atom is 0.337 e. The van der Waals surface area contributed by atoms with E-state index >= 15 is 0 Å². The summed E-state index contributed by atoms with van der Waals surface area (Å²) in [7, 11) is 5.36. The molecule has 0 radical (unpaired) electrons. The fourth-order valence-electron chi connectivity index (χ4n) is 4.33. The molecule has 0 saturated carbocycles. The van der Waals surface area contributed by atoms with Crippen molar-refractivity contribution in [3.63, 3.8) is 0 Å². The lowest BCUT2D eigenvalue weighted by Gasteiger charge is -2.26. The van der Waals surface area contributed by atoms with E-state index in [1.54, 1.807) is 35.6 Å². The molecule has 1 aliphatic rings. The van der Waals surface area contributed by atoms with Crippen molar-refractivity contribution in [2.45, 2.75) is 0 Å². The van der Waals surface area contributed by atoms with Crippen LogP contribution in [0.4, 0.5) is 11.4 Å². The minimum atomic E-state index is -0.386. The Bertz CT molecular complexity index is 1630. The summed E-state index contributed by atoms with van der Waals surface area (Å²) >= 11 is 1.70. The SMILES string of the molecule is COC(=O)c1ccc(C(=C\c2sc3ccccc3[n+]2C)/C=C2\C=Cc3cc([N+](=O)[O-])ccc3N2C)cc1. The van der Waals surface area contributed by atoms with E-state index in [1.165, 1.54) is 17.9 Å². The molecule has 0 unspecified atom stereocenters. The minimum absolute atomic E-state index is 0.0628. The zero-order chi connectivity index (χ0) is 26.1. The summed E-state index contributed by atoms with van der Waals surface area (Å²) in [5, 5.41) is 12.3. The van der Waals surface area contributed by atoms with E-state index in [4.69, 9.17) is 4.74 Å². The van der Waals surface area contributed by atoms with E-state index in [0.717, 1.165) is 38.6 Å². The van der Waals surface area contributed by atoms with Crippen molar-refractivity contribution in [1.82, 2.24) is 0 Å². The molecule has 0 fully saturated rings. The van der Waals surface area contributed by atoms with E-state index in [2.05, 4.69) is 28.9 Å². The van der Waals surface area contributed by atoms with Gasteiger partial charge < -0.3 is 9.64 Å². The molecule has 7 nitrogen and oxygen atoms in total. The number of benzene rings is 3. The third kappa shape index (κ3) is 4.66. The van der Waals surface area contributed by atoms with Crippen LogP contribution < -0.4 is 9.47 Å². The lowest BCUT2D eigenvalue weighted by Crippen LogP contribution is -2.28. The quantitative estimate of drug-likeness (QED) is 0.142. The van der Waals surface area contributed by atoms with Gasteiger partial charge in [0.05, 0.1) is 17.6 Å². The van der Waals surface area contributed by atoms with Crippen molar-refractivity contribution in [1.29, 1.82) is 0 Å². The molecule has 0 amide bonds. The number of nitro groups is 1. The number of carbonyl (C=O) groups is 1. The number of fused-ring (bicyclic) bond motifs is 2. The van der Waals surface area contributed by atoms with Gasteiger partial charge in [-0.2, -0.15) is 4.57 Å². The van der Waals surface area contributed by atoms with Gasteiger partial charge >= 0.3 is 5.97 Å². The van der Waals surface area contributed by atoms with Crippen LogP contribution in [0.5, 0.6) is 0 Å². The van der Waals surface area contributed by atoms with Crippen LogP contribution in [-0.4, -0.2) is 25.1 Å². The summed E-state index contributed by atoms with van der Waals surface area (Å²) in [5.74, 6) is -0.382. The number of aryl methyl sites for hydroxylation is 1. The summed E-state index contributed by atoms with van der Waals surface area (Å²) in [6, 6.07) is 20.5. The minimum Gasteiger partial charge on any atom is -0.465 e. The lowest BCUT2D eigenvalue weighted by molar-refractivity contribution is -0.642. The van der Waals surface area contributed by atoms with Gasteiger partial charge in [0.1, 0.15) is 11.7 Å². The van der Waals surface area contributed by atoms with Crippen LogP contribution in [-0.2, 0) is 11.8 Å². The van der Waals surface area contributed by atoms with Crippen molar-refractivity contribution in [2.24, 2.45) is 7.05 Å². The number of methoxy groups -OCH3 is 1. The average molecular weight is 511 g/mol. The number of rotatable bonds is 5. The molecular formula is C29H24N3O4S+. The van der Waals surface area contributed by atoms with Crippen LogP contribution in [0.3, 0.4) is 0 Å². The molecule has 5 rings (SSSR count). The highest BCUT2D eigenvalue weighted by molar-refractivity contribution is 7.18. The van der Waals surface area contributed by atoms with Crippen molar-refractivity contribution in [2.75, 3.05) is 19.1 Å². The first kappa shape index (κ1) is 24.1. The Morgan fingerprint density at radius 1 is 1.05 bits per heavy atom. The maximum absolute atomic E-state index is 12.0. The zero-order valence-corrected chi connectivity index (χ0v) is 21.4. The third-order valence-electron chi connectivity index (χ3n) is 6.40. The number of ether oxygens (including phenoxy) is 1. The molecule has 37 heavy (non-hydrogen) atoms. The molecule has 1 aromatic heterocycles. The topological polar surface area (TPSA) is 76.6 Å². The number of nitro benzene ring substituents is 1. The molecular weight excluding hydrogens is 486 g/mol. The van der Waals surface area contributed by atoms with Crippen LogP contribution in [0.1, 0.15) is 26.5 Å². The van der Waals surface area contributed by atoms with Gasteiger partial charge in [-0.1, -0.05) is 41.7 Å². The number of anilines is 1. The van der Waals surface area contributed by atoms with Crippen molar-refractivity contribution >= 4 is 56.6 Å². The van der Waals surface area contributed by atoms with Crippen LogP contribution in [0.15, 0.2) is 84.6 Å². The number of carbonyl (C=O) groups excluding carboxylic acids is 1. The number of allylic oxidation sites excluding steroid dienone is 3. The number of non-ortho nitro benzene ring substituents is 1. The molecule has 8 heteroatoms. The summed E-state index contributed by atoms with van der Waals surface area (Å²) in [6.45, 7) is 0. The number of aromatic nitrogens is 1. The van der Waals surface area contributed by atoms with Gasteiger partial charge in [0.25, 0.3) is 10.7 Å². The highest BCUT2D eigenvalue weighted by atomic mass is 32.1. The molecule has 0 atom stereocenters. The van der Waals surface area contributed by atoms with Crippen molar-refractivity contribution < 1.29 is 19.0 Å². The molecule has 1 aliphatic heterocycles. The second-order valence-corrected chi connectivity index (χ2v) is 9.66. The van der Waals surface area contributed by atoms with Gasteiger partial charge in [0, 0.05) is 48.3 Å². The Hall–Kier alpha value is -4.56. The second-order valence-electron chi connectivity index (χ2n) is 8.60. The Morgan fingerprint density at radius 3 is 2.49 bits per heavy atom. The number of para-hydroxylation sites is 1. The smallest absolute Gasteiger partial charge is 0.337 e. The van der Waals surface area contributed by atoms with E-state index in [-0.39, 0.29) is 16.6 Å². The number of nitrogens with zero attached hydrogens (tertiary/aromatic N) is 3. The number of hydrogen-bond acceptors (Lipinski definition) is 6. The molecule has 0 N–H and O–H groups in total. The largest absolute Gasteiger partial charge is 0.465 e. The average Bonchev–Trinajstić information content (AvgIpc) is 3.24. The summed E-state index contributed by atoms with van der Waals surface area (Å²) in [4.78, 5) is 24.8. The first-order valence-corrected chi connectivity index (χ1v) is 12.4.